The smallest absolute Gasteiger partial charge is 0.326 e. The van der Waals surface area contributed by atoms with Gasteiger partial charge in [-0.25, -0.2) is 9.18 Å². The molecular formula is C12H11FN2O5. The van der Waals surface area contributed by atoms with Crippen molar-refractivity contribution in [1.29, 1.82) is 0 Å². The molecule has 1 heterocycles. The molecular weight excluding hydrogens is 271 g/mol. The van der Waals surface area contributed by atoms with E-state index in [4.69, 9.17) is 5.11 Å². The molecule has 0 radical (unpaired) electrons. The number of aliphatic carboxylic acids is 1. The van der Waals surface area contributed by atoms with Crippen LogP contribution >= 0.6 is 0 Å². The molecule has 1 aromatic rings. The van der Waals surface area contributed by atoms with E-state index in [0.29, 0.717) is 18.9 Å². The third-order valence-electron chi connectivity index (χ3n) is 3.14. The van der Waals surface area contributed by atoms with Crippen molar-refractivity contribution in [3.63, 3.8) is 0 Å². The molecule has 20 heavy (non-hydrogen) atoms. The maximum absolute atomic E-state index is 13.3. The van der Waals surface area contributed by atoms with Crippen molar-refractivity contribution >= 4 is 17.6 Å². The number of nitro benzene ring substituents is 1. The summed E-state index contributed by atoms with van der Waals surface area (Å²) >= 11 is 0. The number of carboxylic acid groups (broad SMARTS) is 1. The number of nitrogens with zero attached hydrogens (tertiary/aromatic N) is 2. The lowest BCUT2D eigenvalue weighted by Crippen LogP contribution is -2.40. The van der Waals surface area contributed by atoms with Gasteiger partial charge < -0.3 is 10.0 Å². The average molecular weight is 282 g/mol. The van der Waals surface area contributed by atoms with Crippen LogP contribution in [0, 0.1) is 15.9 Å². The second-order valence-electron chi connectivity index (χ2n) is 4.45. The summed E-state index contributed by atoms with van der Waals surface area (Å²) in [5.74, 6) is -2.76. The van der Waals surface area contributed by atoms with Crippen LogP contribution in [0.25, 0.3) is 0 Å². The number of benzene rings is 1. The van der Waals surface area contributed by atoms with Crippen LogP contribution < -0.4 is 0 Å². The molecule has 0 saturated carbocycles. The average Bonchev–Trinajstić information content (AvgIpc) is 2.86. The highest BCUT2D eigenvalue weighted by Gasteiger charge is 2.35. The molecule has 0 aliphatic carbocycles. The van der Waals surface area contributed by atoms with Crippen LogP contribution in [-0.4, -0.2) is 39.4 Å². The molecule has 106 valence electrons. The highest BCUT2D eigenvalue weighted by atomic mass is 19.1. The fourth-order valence-electron chi connectivity index (χ4n) is 2.24. The van der Waals surface area contributed by atoms with Crippen LogP contribution in [0.2, 0.25) is 0 Å². The molecule has 2 rings (SSSR count). The van der Waals surface area contributed by atoms with Gasteiger partial charge in [0.25, 0.3) is 11.6 Å². The molecule has 0 aromatic heterocycles. The van der Waals surface area contributed by atoms with Gasteiger partial charge in [0, 0.05) is 18.2 Å². The van der Waals surface area contributed by atoms with E-state index in [-0.39, 0.29) is 12.1 Å². The quantitative estimate of drug-likeness (QED) is 0.667. The molecule has 1 atom stereocenters. The lowest BCUT2D eigenvalue weighted by atomic mass is 10.1. The number of non-ortho nitro benzene ring substituents is 1. The van der Waals surface area contributed by atoms with E-state index in [1.807, 2.05) is 0 Å². The van der Waals surface area contributed by atoms with Crippen LogP contribution in [0.1, 0.15) is 23.2 Å². The SMILES string of the molecule is O=C(O)C1CCCN1C(=O)c1cc(F)cc([N+](=O)[O-])c1. The van der Waals surface area contributed by atoms with E-state index in [1.54, 1.807) is 0 Å². The Morgan fingerprint density at radius 3 is 2.70 bits per heavy atom. The van der Waals surface area contributed by atoms with Crippen molar-refractivity contribution in [1.82, 2.24) is 4.90 Å². The Kier molecular flexibility index (Phi) is 3.64. The summed E-state index contributed by atoms with van der Waals surface area (Å²) in [4.78, 5) is 34.1. The topological polar surface area (TPSA) is 101 Å². The second-order valence-corrected chi connectivity index (χ2v) is 4.45. The highest BCUT2D eigenvalue weighted by Crippen LogP contribution is 2.23. The number of hydrogen-bond donors (Lipinski definition) is 1. The maximum Gasteiger partial charge on any atom is 0.326 e. The van der Waals surface area contributed by atoms with Gasteiger partial charge in [0.2, 0.25) is 0 Å². The Morgan fingerprint density at radius 2 is 2.10 bits per heavy atom. The molecule has 1 N–H and O–H groups in total. The van der Waals surface area contributed by atoms with Crippen molar-refractivity contribution in [3.05, 3.63) is 39.7 Å². The molecule has 0 bridgehead atoms. The highest BCUT2D eigenvalue weighted by molar-refractivity contribution is 5.97. The Morgan fingerprint density at radius 1 is 1.40 bits per heavy atom. The lowest BCUT2D eigenvalue weighted by Gasteiger charge is -2.21. The number of carbonyl (C=O) groups excluding carboxylic acids is 1. The number of halogens is 1. The van der Waals surface area contributed by atoms with Gasteiger partial charge in [-0.15, -0.1) is 0 Å². The molecule has 8 heteroatoms. The zero-order valence-electron chi connectivity index (χ0n) is 10.3. The molecule has 0 spiro atoms. The van der Waals surface area contributed by atoms with Gasteiger partial charge >= 0.3 is 5.97 Å². The second kappa shape index (κ2) is 5.24. The number of rotatable bonds is 3. The summed E-state index contributed by atoms with van der Waals surface area (Å²) in [6, 6.07) is 1.55. The molecule has 1 aliphatic heterocycles. The lowest BCUT2D eigenvalue weighted by molar-refractivity contribution is -0.385. The van der Waals surface area contributed by atoms with E-state index in [9.17, 15) is 24.1 Å². The van der Waals surface area contributed by atoms with Gasteiger partial charge in [-0.3, -0.25) is 14.9 Å². The first-order valence-electron chi connectivity index (χ1n) is 5.89. The van der Waals surface area contributed by atoms with Gasteiger partial charge in [-0.1, -0.05) is 0 Å². The minimum Gasteiger partial charge on any atom is -0.480 e. The van der Waals surface area contributed by atoms with Gasteiger partial charge in [-0.05, 0) is 18.9 Å². The number of carboxylic acids is 1. The number of carbonyl (C=O) groups is 2. The molecule has 1 saturated heterocycles. The van der Waals surface area contributed by atoms with Crippen molar-refractivity contribution in [2.45, 2.75) is 18.9 Å². The van der Waals surface area contributed by atoms with E-state index in [2.05, 4.69) is 0 Å². The third-order valence-corrected chi connectivity index (χ3v) is 3.14. The molecule has 1 aliphatic rings. The molecule has 1 amide bonds. The monoisotopic (exact) mass is 282 g/mol. The maximum atomic E-state index is 13.3. The van der Waals surface area contributed by atoms with E-state index in [0.717, 1.165) is 17.0 Å². The number of amides is 1. The van der Waals surface area contributed by atoms with Crippen molar-refractivity contribution in [2.75, 3.05) is 6.54 Å². The summed E-state index contributed by atoms with van der Waals surface area (Å²) in [5, 5.41) is 19.6. The molecule has 7 nitrogen and oxygen atoms in total. The first-order valence-corrected chi connectivity index (χ1v) is 5.89. The summed E-state index contributed by atoms with van der Waals surface area (Å²) in [5.41, 5.74) is -0.760. The van der Waals surface area contributed by atoms with Crippen molar-refractivity contribution in [3.8, 4) is 0 Å². The van der Waals surface area contributed by atoms with Gasteiger partial charge in [-0.2, -0.15) is 0 Å². The largest absolute Gasteiger partial charge is 0.480 e. The zero-order valence-corrected chi connectivity index (χ0v) is 10.3. The van der Waals surface area contributed by atoms with Crippen LogP contribution in [-0.2, 0) is 4.79 Å². The van der Waals surface area contributed by atoms with Crippen LogP contribution in [0.3, 0.4) is 0 Å². The van der Waals surface area contributed by atoms with E-state index >= 15 is 0 Å². The first kappa shape index (κ1) is 13.9. The molecule has 1 unspecified atom stereocenters. The Bertz CT molecular complexity index is 589. The van der Waals surface area contributed by atoms with Crippen LogP contribution in [0.4, 0.5) is 10.1 Å². The summed E-state index contributed by atoms with van der Waals surface area (Å²) in [6.45, 7) is 0.236. The number of hydrogen-bond acceptors (Lipinski definition) is 4. The van der Waals surface area contributed by atoms with Gasteiger partial charge in [0.1, 0.15) is 11.9 Å². The van der Waals surface area contributed by atoms with Gasteiger partial charge in [0.15, 0.2) is 0 Å². The molecule has 1 fully saturated rings. The standard InChI is InChI=1S/C12H11FN2O5/c13-8-4-7(5-9(6-8)15(19)20)11(16)14-3-1-2-10(14)12(17)18/h4-6,10H,1-3H2,(H,17,18). The van der Waals surface area contributed by atoms with Crippen molar-refractivity contribution in [2.24, 2.45) is 0 Å². The predicted octanol–water partition coefficient (Wildman–Crippen LogP) is 1.42. The normalized spacial score (nSPS) is 18.1. The Balaban J connectivity index is 2.33. The Hall–Kier alpha value is -2.51. The van der Waals surface area contributed by atoms with Crippen molar-refractivity contribution < 1.29 is 24.0 Å². The first-order chi connectivity index (χ1) is 9.40. The van der Waals surface area contributed by atoms with E-state index < -0.39 is 34.3 Å². The van der Waals surface area contributed by atoms with Crippen LogP contribution in [0.15, 0.2) is 18.2 Å². The minimum atomic E-state index is -1.14. The third kappa shape index (κ3) is 2.58. The zero-order chi connectivity index (χ0) is 14.9. The molecule has 1 aromatic carbocycles. The number of nitro groups is 1. The summed E-state index contributed by atoms with van der Waals surface area (Å²) in [7, 11) is 0. The van der Waals surface area contributed by atoms with Crippen LogP contribution in [0.5, 0.6) is 0 Å². The number of likely N-dealkylation sites (tertiary alicyclic amines) is 1. The predicted molar refractivity (Wildman–Crippen MR) is 64.7 cm³/mol. The fraction of sp³-hybridized carbons (Fsp3) is 0.333. The Labute approximate surface area is 112 Å². The fourth-order valence-corrected chi connectivity index (χ4v) is 2.24. The summed E-state index contributed by atoms with van der Waals surface area (Å²) in [6.07, 6.45) is 0.846. The van der Waals surface area contributed by atoms with Gasteiger partial charge in [0.05, 0.1) is 11.0 Å². The summed E-state index contributed by atoms with van der Waals surface area (Å²) < 4.78 is 13.3. The van der Waals surface area contributed by atoms with E-state index in [1.165, 1.54) is 0 Å². The minimum absolute atomic E-state index is 0.218.